The Hall–Kier alpha value is -2.52. The van der Waals surface area contributed by atoms with Gasteiger partial charge in [0.1, 0.15) is 11.9 Å². The van der Waals surface area contributed by atoms with Crippen LogP contribution >= 0.6 is 0 Å². The first kappa shape index (κ1) is 22.3. The van der Waals surface area contributed by atoms with Gasteiger partial charge in [0.2, 0.25) is 5.91 Å². The SMILES string of the molecule is Cc1ccc(F)c2c1NC(C(=O)Nc1cccc(C3CNN(CCN4CCOCC4)C3)c1)C2. The van der Waals surface area contributed by atoms with Gasteiger partial charge < -0.3 is 15.4 Å². The number of nitrogens with one attached hydrogen (secondary N) is 3. The largest absolute Gasteiger partial charge is 0.379 e. The Morgan fingerprint density at radius 3 is 2.88 bits per heavy atom. The van der Waals surface area contributed by atoms with Crippen molar-refractivity contribution in [3.63, 3.8) is 0 Å². The lowest BCUT2D eigenvalue weighted by atomic mass is 9.99. The maximum absolute atomic E-state index is 14.2. The van der Waals surface area contributed by atoms with E-state index in [1.54, 1.807) is 6.07 Å². The number of hydrogen-bond donors (Lipinski definition) is 3. The van der Waals surface area contributed by atoms with E-state index in [-0.39, 0.29) is 11.7 Å². The second-order valence-corrected chi connectivity index (χ2v) is 9.19. The van der Waals surface area contributed by atoms with Gasteiger partial charge in [-0.2, -0.15) is 0 Å². The van der Waals surface area contributed by atoms with Crippen LogP contribution in [0.15, 0.2) is 36.4 Å². The Bertz CT molecular complexity index is 979. The number of halogens is 1. The molecule has 0 saturated carbocycles. The van der Waals surface area contributed by atoms with E-state index in [4.69, 9.17) is 4.74 Å². The number of nitrogens with zero attached hydrogens (tertiary/aromatic N) is 2. The molecule has 3 aliphatic rings. The van der Waals surface area contributed by atoms with Crippen LogP contribution in [0, 0.1) is 12.7 Å². The van der Waals surface area contributed by atoms with Gasteiger partial charge in [-0.15, -0.1) is 0 Å². The van der Waals surface area contributed by atoms with Gasteiger partial charge in [0.25, 0.3) is 0 Å². The molecule has 33 heavy (non-hydrogen) atoms. The number of fused-ring (bicyclic) bond motifs is 1. The Labute approximate surface area is 194 Å². The second-order valence-electron chi connectivity index (χ2n) is 9.19. The molecule has 3 aliphatic heterocycles. The number of morpholine rings is 1. The van der Waals surface area contributed by atoms with E-state index < -0.39 is 6.04 Å². The Morgan fingerprint density at radius 2 is 2.06 bits per heavy atom. The molecule has 2 aromatic carbocycles. The summed E-state index contributed by atoms with van der Waals surface area (Å²) in [6, 6.07) is 10.8. The highest BCUT2D eigenvalue weighted by Gasteiger charge is 2.30. The average molecular weight is 454 g/mol. The number of aryl methyl sites for hydroxylation is 1. The van der Waals surface area contributed by atoms with Gasteiger partial charge in [0.05, 0.1) is 13.2 Å². The molecule has 3 N–H and O–H groups in total. The number of carbonyl (C=O) groups is 1. The second kappa shape index (κ2) is 9.77. The molecule has 2 aromatic rings. The average Bonchev–Trinajstić information content (AvgIpc) is 3.50. The van der Waals surface area contributed by atoms with Crippen LogP contribution in [0.2, 0.25) is 0 Å². The van der Waals surface area contributed by atoms with Crippen LogP contribution in [-0.4, -0.2) is 74.3 Å². The normalized spacial score (nSPS) is 23.3. The minimum Gasteiger partial charge on any atom is -0.379 e. The van der Waals surface area contributed by atoms with E-state index in [0.717, 1.165) is 69.4 Å². The van der Waals surface area contributed by atoms with Gasteiger partial charge in [0, 0.05) is 68.5 Å². The summed E-state index contributed by atoms with van der Waals surface area (Å²) >= 11 is 0. The third-order valence-corrected chi connectivity index (χ3v) is 6.92. The standard InChI is InChI=1S/C25H32FN5O2/c1-17-5-6-22(26)21-14-23(29-24(17)21)25(32)28-20-4-2-3-18(13-20)19-15-27-31(16-19)8-7-30-9-11-33-12-10-30/h2-6,13,19,23,27,29H,7-12,14-16H2,1H3,(H,28,32). The minimum absolute atomic E-state index is 0.140. The summed E-state index contributed by atoms with van der Waals surface area (Å²) in [5.41, 5.74) is 7.80. The van der Waals surface area contributed by atoms with Gasteiger partial charge in [-0.05, 0) is 36.2 Å². The third-order valence-electron chi connectivity index (χ3n) is 6.92. The molecule has 0 bridgehead atoms. The number of benzene rings is 2. The number of ether oxygens (including phenoxy) is 1. The summed E-state index contributed by atoms with van der Waals surface area (Å²) < 4.78 is 19.6. The van der Waals surface area contributed by atoms with E-state index in [0.29, 0.717) is 17.9 Å². The van der Waals surface area contributed by atoms with Crippen molar-refractivity contribution < 1.29 is 13.9 Å². The zero-order valence-electron chi connectivity index (χ0n) is 19.1. The Morgan fingerprint density at radius 1 is 1.21 bits per heavy atom. The van der Waals surface area contributed by atoms with Gasteiger partial charge in [-0.25, -0.2) is 9.40 Å². The van der Waals surface area contributed by atoms with Crippen molar-refractivity contribution in [2.24, 2.45) is 0 Å². The van der Waals surface area contributed by atoms with Crippen molar-refractivity contribution in [3.8, 4) is 0 Å². The van der Waals surface area contributed by atoms with Crippen molar-refractivity contribution in [2.75, 3.05) is 63.1 Å². The lowest BCUT2D eigenvalue weighted by molar-refractivity contribution is -0.116. The van der Waals surface area contributed by atoms with Gasteiger partial charge in [-0.1, -0.05) is 18.2 Å². The number of hydrazine groups is 1. The molecule has 2 unspecified atom stereocenters. The minimum atomic E-state index is -0.469. The number of carbonyl (C=O) groups excluding carboxylic acids is 1. The van der Waals surface area contributed by atoms with Crippen molar-refractivity contribution in [1.29, 1.82) is 0 Å². The maximum atomic E-state index is 14.2. The molecule has 2 saturated heterocycles. The van der Waals surface area contributed by atoms with Crippen molar-refractivity contribution in [1.82, 2.24) is 15.3 Å². The molecule has 0 aliphatic carbocycles. The predicted octanol–water partition coefficient (Wildman–Crippen LogP) is 2.35. The van der Waals surface area contributed by atoms with Crippen LogP contribution in [0.5, 0.6) is 0 Å². The highest BCUT2D eigenvalue weighted by atomic mass is 19.1. The molecule has 176 valence electrons. The van der Waals surface area contributed by atoms with E-state index in [9.17, 15) is 9.18 Å². The summed E-state index contributed by atoms with van der Waals surface area (Å²) in [7, 11) is 0. The van der Waals surface area contributed by atoms with Crippen molar-refractivity contribution in [2.45, 2.75) is 25.3 Å². The molecule has 3 heterocycles. The monoisotopic (exact) mass is 453 g/mol. The predicted molar refractivity (Wildman–Crippen MR) is 127 cm³/mol. The molecule has 0 spiro atoms. The van der Waals surface area contributed by atoms with E-state index in [1.807, 2.05) is 19.1 Å². The smallest absolute Gasteiger partial charge is 0.247 e. The molecule has 2 fully saturated rings. The lowest BCUT2D eigenvalue weighted by Gasteiger charge is -2.28. The molecular weight excluding hydrogens is 421 g/mol. The molecule has 2 atom stereocenters. The van der Waals surface area contributed by atoms with Crippen molar-refractivity contribution in [3.05, 3.63) is 58.9 Å². The first-order chi connectivity index (χ1) is 16.1. The van der Waals surface area contributed by atoms with E-state index >= 15 is 0 Å². The van der Waals surface area contributed by atoms with Crippen LogP contribution in [0.1, 0.15) is 22.6 Å². The number of amides is 1. The zero-order chi connectivity index (χ0) is 22.8. The fourth-order valence-electron chi connectivity index (χ4n) is 4.94. The quantitative estimate of drug-likeness (QED) is 0.624. The molecule has 1 amide bonds. The van der Waals surface area contributed by atoms with E-state index in [1.165, 1.54) is 11.6 Å². The Kier molecular flexibility index (Phi) is 6.59. The van der Waals surface area contributed by atoms with Gasteiger partial charge in [-0.3, -0.25) is 15.1 Å². The first-order valence-electron chi connectivity index (χ1n) is 11.8. The van der Waals surface area contributed by atoms with E-state index in [2.05, 4.69) is 38.1 Å². The fraction of sp³-hybridized carbons (Fsp3) is 0.480. The molecule has 5 rings (SSSR count). The van der Waals surface area contributed by atoms with Crippen LogP contribution in [0.25, 0.3) is 0 Å². The van der Waals surface area contributed by atoms with Crippen LogP contribution < -0.4 is 16.1 Å². The third kappa shape index (κ3) is 5.04. The number of anilines is 2. The fourth-order valence-corrected chi connectivity index (χ4v) is 4.94. The molecule has 0 radical (unpaired) electrons. The van der Waals surface area contributed by atoms with Crippen LogP contribution in [0.3, 0.4) is 0 Å². The summed E-state index contributed by atoms with van der Waals surface area (Å²) in [4.78, 5) is 15.3. The maximum Gasteiger partial charge on any atom is 0.247 e. The topological polar surface area (TPSA) is 68.9 Å². The molecule has 7 nitrogen and oxygen atoms in total. The zero-order valence-corrected chi connectivity index (χ0v) is 19.1. The Balaban J connectivity index is 1.16. The molecular formula is C25H32FN5O2. The van der Waals surface area contributed by atoms with Crippen LogP contribution in [-0.2, 0) is 16.0 Å². The van der Waals surface area contributed by atoms with Crippen molar-refractivity contribution >= 4 is 17.3 Å². The molecule has 0 aromatic heterocycles. The first-order valence-corrected chi connectivity index (χ1v) is 11.8. The highest BCUT2D eigenvalue weighted by Crippen LogP contribution is 2.32. The summed E-state index contributed by atoms with van der Waals surface area (Å²) in [5.74, 6) is -0.0247. The summed E-state index contributed by atoms with van der Waals surface area (Å²) in [6.45, 7) is 9.44. The van der Waals surface area contributed by atoms with Crippen LogP contribution in [0.4, 0.5) is 15.8 Å². The number of rotatable bonds is 6. The van der Waals surface area contributed by atoms with Gasteiger partial charge >= 0.3 is 0 Å². The summed E-state index contributed by atoms with van der Waals surface area (Å²) in [5, 5.41) is 8.52. The molecule has 8 heteroatoms. The highest BCUT2D eigenvalue weighted by molar-refractivity contribution is 5.98. The summed E-state index contributed by atoms with van der Waals surface area (Å²) in [6.07, 6.45) is 0.360. The number of hydrogen-bond acceptors (Lipinski definition) is 6. The van der Waals surface area contributed by atoms with Gasteiger partial charge in [0.15, 0.2) is 0 Å². The lowest BCUT2D eigenvalue weighted by Crippen LogP contribution is -2.43.